The Bertz CT molecular complexity index is 430. The monoisotopic (exact) mass is 290 g/mol. The molecular formula is C13H22O5S. The summed E-state index contributed by atoms with van der Waals surface area (Å²) < 4.78 is 34.2. The Hall–Kier alpha value is -0.460. The average molecular weight is 290 g/mol. The van der Waals surface area contributed by atoms with Crippen LogP contribution in [-0.4, -0.2) is 51.1 Å². The standard InChI is InChI=1S/C13H22O5S/c1-10(19(2,15)16)12(14)11-3-6-18-13(9-11)4-7-17-8-5-13/h10-11H,3-9H2,1-2H3. The van der Waals surface area contributed by atoms with E-state index >= 15 is 0 Å². The lowest BCUT2D eigenvalue weighted by molar-refractivity contribution is -0.156. The Kier molecular flexibility index (Phi) is 4.32. The van der Waals surface area contributed by atoms with Gasteiger partial charge in [-0.3, -0.25) is 4.79 Å². The van der Waals surface area contributed by atoms with Gasteiger partial charge in [-0.05, 0) is 32.6 Å². The number of rotatable bonds is 3. The summed E-state index contributed by atoms with van der Waals surface area (Å²) in [6.45, 7) is 3.34. The van der Waals surface area contributed by atoms with Crippen LogP contribution in [0.3, 0.4) is 0 Å². The van der Waals surface area contributed by atoms with E-state index in [0.29, 0.717) is 32.7 Å². The minimum absolute atomic E-state index is 0.156. The van der Waals surface area contributed by atoms with Gasteiger partial charge in [0.05, 0.1) is 5.60 Å². The molecule has 0 N–H and O–H groups in total. The summed E-state index contributed by atoms with van der Waals surface area (Å²) in [6.07, 6.45) is 3.98. The molecule has 0 aliphatic carbocycles. The van der Waals surface area contributed by atoms with Gasteiger partial charge in [-0.2, -0.15) is 0 Å². The van der Waals surface area contributed by atoms with Crippen molar-refractivity contribution in [3.05, 3.63) is 0 Å². The van der Waals surface area contributed by atoms with Crippen LogP contribution >= 0.6 is 0 Å². The maximum absolute atomic E-state index is 12.3. The molecular weight excluding hydrogens is 268 g/mol. The molecule has 19 heavy (non-hydrogen) atoms. The Morgan fingerprint density at radius 2 is 1.89 bits per heavy atom. The van der Waals surface area contributed by atoms with E-state index in [1.807, 2.05) is 0 Å². The molecule has 2 rings (SSSR count). The van der Waals surface area contributed by atoms with Crippen LogP contribution in [0.2, 0.25) is 0 Å². The average Bonchev–Trinajstić information content (AvgIpc) is 2.37. The van der Waals surface area contributed by atoms with Gasteiger partial charge in [-0.25, -0.2) is 8.42 Å². The summed E-state index contributed by atoms with van der Waals surface area (Å²) in [6, 6.07) is 0. The number of sulfone groups is 1. The predicted molar refractivity (Wildman–Crippen MR) is 70.8 cm³/mol. The van der Waals surface area contributed by atoms with E-state index in [0.717, 1.165) is 19.1 Å². The summed E-state index contributed by atoms with van der Waals surface area (Å²) in [5, 5.41) is -0.910. The smallest absolute Gasteiger partial charge is 0.157 e. The fourth-order valence-electron chi connectivity index (χ4n) is 2.91. The minimum atomic E-state index is -3.31. The summed E-state index contributed by atoms with van der Waals surface area (Å²) in [7, 11) is -3.31. The van der Waals surface area contributed by atoms with Crippen LogP contribution in [0.5, 0.6) is 0 Å². The number of carbonyl (C=O) groups is 1. The third-order valence-electron chi connectivity index (χ3n) is 4.34. The second-order valence-corrected chi connectivity index (χ2v) is 8.07. The van der Waals surface area contributed by atoms with Crippen molar-refractivity contribution in [1.29, 1.82) is 0 Å². The lowest BCUT2D eigenvalue weighted by Crippen LogP contribution is -2.47. The van der Waals surface area contributed by atoms with E-state index in [4.69, 9.17) is 9.47 Å². The molecule has 0 aromatic rings. The molecule has 0 radical (unpaired) electrons. The van der Waals surface area contributed by atoms with Gasteiger partial charge >= 0.3 is 0 Å². The Balaban J connectivity index is 2.07. The SMILES string of the molecule is CC(C(=O)C1CCOC2(CCOCC2)C1)S(C)(=O)=O. The number of ether oxygens (including phenoxy) is 2. The van der Waals surface area contributed by atoms with E-state index in [2.05, 4.69) is 0 Å². The van der Waals surface area contributed by atoms with Gasteiger partial charge in [0.2, 0.25) is 0 Å². The minimum Gasteiger partial charge on any atom is -0.381 e. The number of ketones is 1. The van der Waals surface area contributed by atoms with Gasteiger partial charge < -0.3 is 9.47 Å². The lowest BCUT2D eigenvalue weighted by atomic mass is 9.78. The van der Waals surface area contributed by atoms with Crippen LogP contribution in [0.1, 0.15) is 32.6 Å². The lowest BCUT2D eigenvalue weighted by Gasteiger charge is -2.43. The largest absolute Gasteiger partial charge is 0.381 e. The molecule has 2 atom stereocenters. The van der Waals surface area contributed by atoms with Gasteiger partial charge in [-0.1, -0.05) is 0 Å². The molecule has 110 valence electrons. The topological polar surface area (TPSA) is 69.7 Å². The summed E-state index contributed by atoms with van der Waals surface area (Å²) >= 11 is 0. The zero-order valence-electron chi connectivity index (χ0n) is 11.6. The van der Waals surface area contributed by atoms with Gasteiger partial charge in [0, 0.05) is 32.0 Å². The second kappa shape index (κ2) is 5.50. The number of hydrogen-bond acceptors (Lipinski definition) is 5. The maximum Gasteiger partial charge on any atom is 0.157 e. The van der Waals surface area contributed by atoms with Gasteiger partial charge in [0.15, 0.2) is 15.6 Å². The first kappa shape index (κ1) is 14.9. The Morgan fingerprint density at radius 3 is 2.47 bits per heavy atom. The van der Waals surface area contributed by atoms with Crippen LogP contribution in [0.25, 0.3) is 0 Å². The van der Waals surface area contributed by atoms with E-state index in [-0.39, 0.29) is 17.3 Å². The number of hydrogen-bond donors (Lipinski definition) is 0. The normalized spacial score (nSPS) is 29.1. The van der Waals surface area contributed by atoms with Crippen molar-refractivity contribution in [1.82, 2.24) is 0 Å². The molecule has 2 fully saturated rings. The van der Waals surface area contributed by atoms with E-state index in [9.17, 15) is 13.2 Å². The quantitative estimate of drug-likeness (QED) is 0.774. The molecule has 2 saturated heterocycles. The molecule has 6 heteroatoms. The molecule has 0 saturated carbocycles. The molecule has 2 aliphatic rings. The molecule has 0 aromatic heterocycles. The summed E-state index contributed by atoms with van der Waals surface area (Å²) in [5.74, 6) is -0.353. The maximum atomic E-state index is 12.3. The Labute approximate surface area is 114 Å². The van der Waals surface area contributed by atoms with Crippen LogP contribution < -0.4 is 0 Å². The summed E-state index contributed by atoms with van der Waals surface area (Å²) in [5.41, 5.74) is -0.270. The molecule has 1 spiro atoms. The van der Waals surface area contributed by atoms with Crippen molar-refractivity contribution in [3.63, 3.8) is 0 Å². The van der Waals surface area contributed by atoms with Gasteiger partial charge in [0.1, 0.15) is 5.25 Å². The van der Waals surface area contributed by atoms with E-state index < -0.39 is 15.1 Å². The highest BCUT2D eigenvalue weighted by molar-refractivity contribution is 7.92. The van der Waals surface area contributed by atoms with Crippen LogP contribution in [0, 0.1) is 5.92 Å². The molecule has 0 aromatic carbocycles. The fourth-order valence-corrected chi connectivity index (χ4v) is 3.52. The van der Waals surface area contributed by atoms with Crippen molar-refractivity contribution in [3.8, 4) is 0 Å². The Morgan fingerprint density at radius 1 is 1.26 bits per heavy atom. The molecule has 2 heterocycles. The molecule has 2 aliphatic heterocycles. The van der Waals surface area contributed by atoms with Gasteiger partial charge in [0.25, 0.3) is 0 Å². The zero-order valence-corrected chi connectivity index (χ0v) is 12.4. The van der Waals surface area contributed by atoms with Crippen molar-refractivity contribution in [2.24, 2.45) is 5.92 Å². The number of Topliss-reactive ketones (excluding diaryl/α,β-unsaturated/α-hetero) is 1. The second-order valence-electron chi connectivity index (χ2n) is 5.71. The highest BCUT2D eigenvalue weighted by Gasteiger charge is 2.43. The van der Waals surface area contributed by atoms with Crippen molar-refractivity contribution in [2.75, 3.05) is 26.1 Å². The first-order valence-corrected chi connectivity index (χ1v) is 8.74. The predicted octanol–water partition coefficient (Wildman–Crippen LogP) is 0.964. The molecule has 5 nitrogen and oxygen atoms in total. The third kappa shape index (κ3) is 3.35. The molecule has 0 amide bonds. The number of carbonyl (C=O) groups excluding carboxylic acids is 1. The van der Waals surface area contributed by atoms with E-state index in [1.54, 1.807) is 0 Å². The highest BCUT2D eigenvalue weighted by atomic mass is 32.2. The third-order valence-corrected chi connectivity index (χ3v) is 5.86. The van der Waals surface area contributed by atoms with Crippen molar-refractivity contribution in [2.45, 2.75) is 43.5 Å². The molecule has 0 bridgehead atoms. The van der Waals surface area contributed by atoms with Crippen molar-refractivity contribution >= 4 is 15.6 Å². The van der Waals surface area contributed by atoms with E-state index in [1.165, 1.54) is 6.92 Å². The molecule has 2 unspecified atom stereocenters. The first-order valence-electron chi connectivity index (χ1n) is 6.78. The van der Waals surface area contributed by atoms with Crippen LogP contribution in [0.4, 0.5) is 0 Å². The zero-order chi connectivity index (χ0) is 14.1. The van der Waals surface area contributed by atoms with Crippen LogP contribution in [-0.2, 0) is 24.1 Å². The summed E-state index contributed by atoms with van der Waals surface area (Å²) in [4.78, 5) is 12.3. The highest BCUT2D eigenvalue weighted by Crippen LogP contribution is 2.38. The van der Waals surface area contributed by atoms with Gasteiger partial charge in [-0.15, -0.1) is 0 Å². The van der Waals surface area contributed by atoms with Crippen LogP contribution in [0.15, 0.2) is 0 Å². The van der Waals surface area contributed by atoms with Crippen molar-refractivity contribution < 1.29 is 22.7 Å². The fraction of sp³-hybridized carbons (Fsp3) is 0.923. The first-order chi connectivity index (χ1) is 8.84.